The molecular weight excluding hydrogens is 329 g/mol. The molecule has 8 heteroatoms. The Balaban J connectivity index is 2.60. The second-order valence-electron chi connectivity index (χ2n) is 3.87. The third kappa shape index (κ3) is 3.45. The molecule has 2 rings (SSSR count). The van der Waals surface area contributed by atoms with Crippen LogP contribution in [0, 0.1) is 6.92 Å². The number of aromatic nitrogens is 1. The highest BCUT2D eigenvalue weighted by Crippen LogP contribution is 2.21. The molecule has 1 amide bonds. The molecule has 1 heterocycles. The minimum Gasteiger partial charge on any atom is -0.292 e. The van der Waals surface area contributed by atoms with Gasteiger partial charge in [-0.3, -0.25) is 9.36 Å². The summed E-state index contributed by atoms with van der Waals surface area (Å²) in [7, 11) is 0. The summed E-state index contributed by atoms with van der Waals surface area (Å²) in [6, 6.07) is 4.75. The molecule has 0 atom stereocenters. The lowest BCUT2D eigenvalue weighted by molar-refractivity contribution is -0.128. The first kappa shape index (κ1) is 15.2. The molecule has 0 saturated carbocycles. The fourth-order valence-electron chi connectivity index (χ4n) is 1.54. The molecule has 1 aromatic carbocycles. The van der Waals surface area contributed by atoms with E-state index in [2.05, 4.69) is 4.99 Å². The van der Waals surface area contributed by atoms with E-state index in [9.17, 15) is 13.6 Å². The molecule has 0 saturated heterocycles. The van der Waals surface area contributed by atoms with Crippen molar-refractivity contribution in [2.24, 2.45) is 4.99 Å². The number of hydrogen-bond acceptors (Lipinski definition) is 2. The molecule has 0 fully saturated rings. The van der Waals surface area contributed by atoms with Crippen molar-refractivity contribution in [2.75, 3.05) is 0 Å². The zero-order valence-corrected chi connectivity index (χ0v) is 12.4. The van der Waals surface area contributed by atoms with Crippen LogP contribution >= 0.6 is 34.5 Å². The van der Waals surface area contributed by atoms with Crippen LogP contribution in [0.1, 0.15) is 4.88 Å². The van der Waals surface area contributed by atoms with Crippen molar-refractivity contribution in [3.63, 3.8) is 0 Å². The minimum absolute atomic E-state index is 0.145. The number of hydrogen-bond donors (Lipinski definition) is 0. The maximum atomic E-state index is 12.3. The summed E-state index contributed by atoms with van der Waals surface area (Å²) in [5, 5.41) is 0.796. The van der Waals surface area contributed by atoms with Gasteiger partial charge in [0.1, 0.15) is 0 Å². The number of benzene rings is 1. The maximum Gasteiger partial charge on any atom is 0.317 e. The lowest BCUT2D eigenvalue weighted by Crippen LogP contribution is -2.17. The van der Waals surface area contributed by atoms with Crippen molar-refractivity contribution in [3.8, 4) is 5.69 Å². The van der Waals surface area contributed by atoms with E-state index in [1.54, 1.807) is 31.3 Å². The number of aryl methyl sites for hydroxylation is 1. The Morgan fingerprint density at radius 2 is 1.90 bits per heavy atom. The van der Waals surface area contributed by atoms with Gasteiger partial charge in [-0.1, -0.05) is 23.2 Å². The van der Waals surface area contributed by atoms with Gasteiger partial charge in [-0.2, -0.15) is 13.8 Å². The van der Waals surface area contributed by atoms with Crippen molar-refractivity contribution >= 4 is 40.4 Å². The third-order valence-corrected chi connectivity index (χ3v) is 3.62. The van der Waals surface area contributed by atoms with Crippen LogP contribution in [-0.4, -0.2) is 16.9 Å². The number of nitrogens with zero attached hydrogens (tertiary/aromatic N) is 2. The average Bonchev–Trinajstić information content (AvgIpc) is 2.68. The Morgan fingerprint density at radius 3 is 2.45 bits per heavy atom. The number of amides is 1. The molecule has 20 heavy (non-hydrogen) atoms. The van der Waals surface area contributed by atoms with Gasteiger partial charge in [0.25, 0.3) is 0 Å². The predicted octanol–water partition coefficient (Wildman–Crippen LogP) is 3.85. The third-order valence-electron chi connectivity index (χ3n) is 2.29. The zero-order valence-electron chi connectivity index (χ0n) is 10.1. The van der Waals surface area contributed by atoms with Crippen LogP contribution in [-0.2, 0) is 4.79 Å². The van der Waals surface area contributed by atoms with Crippen molar-refractivity contribution in [1.29, 1.82) is 0 Å². The van der Waals surface area contributed by atoms with Gasteiger partial charge >= 0.3 is 12.3 Å². The Bertz CT molecular complexity index is 704. The second-order valence-corrected chi connectivity index (χ2v) is 5.96. The summed E-state index contributed by atoms with van der Waals surface area (Å²) in [4.78, 5) is 15.4. The average molecular weight is 337 g/mol. The standard InChI is InChI=1S/C12H8Cl2F2N2OS/c1-6-5-18(9-3-7(13)2-8(14)4-9)12(20-6)17-11(19)10(15)16/h2-5,10H,1H3. The highest BCUT2D eigenvalue weighted by molar-refractivity contribution is 7.09. The van der Waals surface area contributed by atoms with Gasteiger partial charge in [0, 0.05) is 21.1 Å². The molecule has 3 nitrogen and oxygen atoms in total. The van der Waals surface area contributed by atoms with Crippen molar-refractivity contribution in [1.82, 2.24) is 4.57 Å². The molecule has 0 aliphatic heterocycles. The second kappa shape index (κ2) is 6.03. The SMILES string of the molecule is Cc1cn(-c2cc(Cl)cc(Cl)c2)c(=NC(=O)C(F)F)s1. The molecule has 0 aliphatic carbocycles. The predicted molar refractivity (Wildman–Crippen MR) is 75.0 cm³/mol. The first-order chi connectivity index (χ1) is 9.36. The molecule has 0 spiro atoms. The number of alkyl halides is 2. The molecule has 0 unspecified atom stereocenters. The largest absolute Gasteiger partial charge is 0.317 e. The van der Waals surface area contributed by atoms with Crippen molar-refractivity contribution in [3.05, 3.63) is 44.1 Å². The van der Waals surface area contributed by atoms with Crippen LogP contribution in [0.2, 0.25) is 10.0 Å². The monoisotopic (exact) mass is 336 g/mol. The molecule has 0 bridgehead atoms. The summed E-state index contributed by atoms with van der Waals surface area (Å²) in [5.74, 6) is -1.48. The van der Waals surface area contributed by atoms with E-state index < -0.39 is 12.3 Å². The van der Waals surface area contributed by atoms with Gasteiger partial charge in [-0.15, -0.1) is 11.3 Å². The maximum absolute atomic E-state index is 12.3. The van der Waals surface area contributed by atoms with Gasteiger partial charge in [0.2, 0.25) is 0 Å². The Morgan fingerprint density at radius 1 is 1.30 bits per heavy atom. The minimum atomic E-state index is -3.13. The first-order valence-corrected chi connectivity index (χ1v) is 6.96. The smallest absolute Gasteiger partial charge is 0.292 e. The normalized spacial score (nSPS) is 12.2. The Kier molecular flexibility index (Phi) is 4.57. The van der Waals surface area contributed by atoms with Crippen LogP contribution in [0.25, 0.3) is 5.69 Å². The summed E-state index contributed by atoms with van der Waals surface area (Å²) in [6.45, 7) is 1.78. The quantitative estimate of drug-likeness (QED) is 0.820. The number of halogens is 4. The van der Waals surface area contributed by atoms with Gasteiger partial charge in [0.15, 0.2) is 4.80 Å². The lowest BCUT2D eigenvalue weighted by Gasteiger charge is -2.04. The van der Waals surface area contributed by atoms with Crippen LogP contribution in [0.3, 0.4) is 0 Å². The van der Waals surface area contributed by atoms with E-state index in [0.29, 0.717) is 15.7 Å². The fraction of sp³-hybridized carbons (Fsp3) is 0.167. The van der Waals surface area contributed by atoms with E-state index in [1.807, 2.05) is 0 Å². The molecule has 1 aromatic heterocycles. The molecule has 106 valence electrons. The highest BCUT2D eigenvalue weighted by Gasteiger charge is 2.15. The van der Waals surface area contributed by atoms with Crippen molar-refractivity contribution < 1.29 is 13.6 Å². The molecule has 2 aromatic rings. The highest BCUT2D eigenvalue weighted by atomic mass is 35.5. The van der Waals surface area contributed by atoms with Crippen LogP contribution in [0.15, 0.2) is 29.4 Å². The fourth-order valence-corrected chi connectivity index (χ4v) is 2.89. The van der Waals surface area contributed by atoms with E-state index in [0.717, 1.165) is 16.2 Å². The van der Waals surface area contributed by atoms with E-state index in [-0.39, 0.29) is 4.80 Å². The van der Waals surface area contributed by atoms with Crippen molar-refractivity contribution in [2.45, 2.75) is 13.3 Å². The van der Waals surface area contributed by atoms with Gasteiger partial charge < -0.3 is 0 Å². The Hall–Kier alpha value is -1.24. The first-order valence-electron chi connectivity index (χ1n) is 5.39. The summed E-state index contributed by atoms with van der Waals surface area (Å²) < 4.78 is 26.1. The van der Waals surface area contributed by atoms with Crippen LogP contribution < -0.4 is 4.80 Å². The number of rotatable bonds is 2. The molecule has 0 N–H and O–H groups in total. The summed E-state index contributed by atoms with van der Waals surface area (Å²) in [6.07, 6.45) is -1.46. The Labute approximate surface area is 127 Å². The summed E-state index contributed by atoms with van der Waals surface area (Å²) >= 11 is 12.9. The van der Waals surface area contributed by atoms with E-state index in [4.69, 9.17) is 23.2 Å². The zero-order chi connectivity index (χ0) is 14.9. The van der Waals surface area contributed by atoms with Gasteiger partial charge in [0.05, 0.1) is 5.69 Å². The van der Waals surface area contributed by atoms with Crippen LogP contribution in [0.4, 0.5) is 8.78 Å². The molecular formula is C12H8Cl2F2N2OS. The van der Waals surface area contributed by atoms with E-state index in [1.165, 1.54) is 4.57 Å². The number of thiazole rings is 1. The summed E-state index contributed by atoms with van der Waals surface area (Å²) in [5.41, 5.74) is 0.549. The molecule has 0 radical (unpaired) electrons. The van der Waals surface area contributed by atoms with Gasteiger partial charge in [-0.25, -0.2) is 0 Å². The number of carbonyl (C=O) groups is 1. The van der Waals surface area contributed by atoms with E-state index >= 15 is 0 Å². The topological polar surface area (TPSA) is 34.4 Å². The molecule has 0 aliphatic rings. The lowest BCUT2D eigenvalue weighted by atomic mass is 10.3. The van der Waals surface area contributed by atoms with Gasteiger partial charge in [-0.05, 0) is 25.1 Å². The number of carbonyl (C=O) groups excluding carboxylic acids is 1. The van der Waals surface area contributed by atoms with Crippen LogP contribution in [0.5, 0.6) is 0 Å².